The van der Waals surface area contributed by atoms with Crippen LogP contribution >= 0.6 is 22.7 Å². The fraction of sp³-hybridized carbons (Fsp3) is 0.333. The van der Waals surface area contributed by atoms with Crippen LogP contribution in [0.3, 0.4) is 0 Å². The molecule has 0 radical (unpaired) electrons. The van der Waals surface area contributed by atoms with Crippen LogP contribution in [0.5, 0.6) is 0 Å². The molecule has 2 aromatic heterocycles. The van der Waals surface area contributed by atoms with Crippen LogP contribution in [0.25, 0.3) is 9.88 Å². The summed E-state index contributed by atoms with van der Waals surface area (Å²) in [6.07, 6.45) is 2.41. The molecule has 5 nitrogen and oxygen atoms in total. The van der Waals surface area contributed by atoms with Crippen molar-refractivity contribution in [2.75, 3.05) is 36.4 Å². The molecule has 0 bridgehead atoms. The fourth-order valence-corrected chi connectivity index (χ4v) is 5.60. The van der Waals surface area contributed by atoms with E-state index >= 15 is 0 Å². The summed E-state index contributed by atoms with van der Waals surface area (Å²) in [5.41, 5.74) is 2.95. The van der Waals surface area contributed by atoms with Crippen LogP contribution in [0.4, 0.5) is 11.4 Å². The first kappa shape index (κ1) is 17.8. The molecule has 7 heteroatoms. The van der Waals surface area contributed by atoms with Crippen molar-refractivity contribution in [1.29, 1.82) is 0 Å². The molecule has 2 aliphatic rings. The lowest BCUT2D eigenvalue weighted by molar-refractivity contribution is 0.102. The van der Waals surface area contributed by atoms with E-state index in [1.807, 2.05) is 41.1 Å². The van der Waals surface area contributed by atoms with E-state index in [0.717, 1.165) is 47.4 Å². The predicted octanol–water partition coefficient (Wildman–Crippen LogP) is 4.31. The number of hydrogen-bond donors (Lipinski definition) is 2. The van der Waals surface area contributed by atoms with Gasteiger partial charge >= 0.3 is 0 Å². The lowest BCUT2D eigenvalue weighted by Crippen LogP contribution is -2.58. The topological polar surface area (TPSA) is 57.3 Å². The van der Waals surface area contributed by atoms with Gasteiger partial charge in [-0.25, -0.2) is 4.98 Å². The number of piperidine rings is 1. The Balaban J connectivity index is 1.31. The van der Waals surface area contributed by atoms with Crippen molar-refractivity contribution in [3.63, 3.8) is 0 Å². The Bertz CT molecular complexity index is 968. The van der Waals surface area contributed by atoms with Crippen molar-refractivity contribution in [1.82, 2.24) is 10.3 Å². The van der Waals surface area contributed by atoms with Crippen molar-refractivity contribution in [3.05, 3.63) is 52.9 Å². The monoisotopic (exact) mass is 410 g/mol. The summed E-state index contributed by atoms with van der Waals surface area (Å²) in [4.78, 5) is 20.8. The van der Waals surface area contributed by atoms with Crippen molar-refractivity contribution < 1.29 is 4.79 Å². The number of nitrogens with zero attached hydrogens (tertiary/aromatic N) is 2. The third-order valence-corrected chi connectivity index (χ3v) is 7.67. The van der Waals surface area contributed by atoms with Crippen molar-refractivity contribution in [2.24, 2.45) is 5.41 Å². The summed E-state index contributed by atoms with van der Waals surface area (Å²) in [5, 5.41) is 11.2. The molecule has 1 amide bonds. The van der Waals surface area contributed by atoms with Crippen molar-refractivity contribution in [2.45, 2.75) is 12.8 Å². The number of para-hydroxylation sites is 2. The Morgan fingerprint density at radius 1 is 1.11 bits per heavy atom. The van der Waals surface area contributed by atoms with E-state index in [1.54, 1.807) is 11.3 Å². The van der Waals surface area contributed by atoms with Crippen LogP contribution in [0, 0.1) is 5.41 Å². The van der Waals surface area contributed by atoms with Gasteiger partial charge in [-0.15, -0.1) is 22.7 Å². The molecule has 2 fully saturated rings. The zero-order valence-corrected chi connectivity index (χ0v) is 17.1. The summed E-state index contributed by atoms with van der Waals surface area (Å²) in [5.74, 6) is -0.150. The lowest BCUT2D eigenvalue weighted by atomic mass is 9.73. The summed E-state index contributed by atoms with van der Waals surface area (Å²) < 4.78 is 0. The number of amides is 1. The van der Waals surface area contributed by atoms with Gasteiger partial charge in [0.1, 0.15) is 10.7 Å². The highest BCUT2D eigenvalue weighted by Crippen LogP contribution is 2.38. The van der Waals surface area contributed by atoms with Crippen LogP contribution in [0.1, 0.15) is 23.3 Å². The summed E-state index contributed by atoms with van der Waals surface area (Å²) >= 11 is 3.15. The second-order valence-electron chi connectivity index (χ2n) is 7.58. The average Bonchev–Trinajstić information content (AvgIpc) is 3.39. The van der Waals surface area contributed by atoms with Gasteiger partial charge < -0.3 is 15.5 Å². The number of rotatable bonds is 4. The van der Waals surface area contributed by atoms with E-state index < -0.39 is 0 Å². The minimum atomic E-state index is -0.150. The van der Waals surface area contributed by atoms with Gasteiger partial charge in [0.2, 0.25) is 0 Å². The van der Waals surface area contributed by atoms with Gasteiger partial charge in [-0.3, -0.25) is 4.79 Å². The highest BCUT2D eigenvalue weighted by molar-refractivity contribution is 7.20. The summed E-state index contributed by atoms with van der Waals surface area (Å²) in [6.45, 7) is 4.37. The number of aromatic nitrogens is 1. The quantitative estimate of drug-likeness (QED) is 0.673. The number of thiophene rings is 1. The molecule has 2 N–H and O–H groups in total. The molecule has 1 spiro atoms. The van der Waals surface area contributed by atoms with Gasteiger partial charge in [-0.1, -0.05) is 18.2 Å². The van der Waals surface area contributed by atoms with Gasteiger partial charge in [0.15, 0.2) is 0 Å². The fourth-order valence-electron chi connectivity index (χ4n) is 3.99. The lowest BCUT2D eigenvalue weighted by Gasteiger charge is -2.49. The van der Waals surface area contributed by atoms with Crippen LogP contribution < -0.4 is 15.5 Å². The molecule has 0 unspecified atom stereocenters. The Labute approximate surface area is 172 Å². The molecule has 28 heavy (non-hydrogen) atoms. The van der Waals surface area contributed by atoms with E-state index in [1.165, 1.54) is 24.2 Å². The van der Waals surface area contributed by atoms with Gasteiger partial charge in [-0.2, -0.15) is 0 Å². The minimum Gasteiger partial charge on any atom is -0.370 e. The maximum Gasteiger partial charge on any atom is 0.275 e. The number of anilines is 2. The molecule has 1 aromatic carbocycles. The van der Waals surface area contributed by atoms with Gasteiger partial charge in [0.05, 0.1) is 16.3 Å². The molecule has 0 atom stereocenters. The van der Waals surface area contributed by atoms with E-state index in [2.05, 4.69) is 26.6 Å². The third-order valence-electron chi connectivity index (χ3n) is 5.79. The molecule has 2 saturated heterocycles. The molecule has 144 valence electrons. The first-order chi connectivity index (χ1) is 13.7. The van der Waals surface area contributed by atoms with Crippen LogP contribution in [0.2, 0.25) is 0 Å². The second-order valence-corrected chi connectivity index (χ2v) is 9.38. The maximum absolute atomic E-state index is 12.8. The standard InChI is InChI=1S/C21H22N4OS2/c26-19(16-12-28-20(24-16)18-6-3-11-27-18)23-15-4-1-2-5-17(15)25-9-7-21(8-10-25)13-22-14-21/h1-6,11-12,22H,7-10,13-14H2,(H,23,26). The van der Waals surface area contributed by atoms with Gasteiger partial charge in [-0.05, 0) is 41.8 Å². The SMILES string of the molecule is O=C(Nc1ccccc1N1CCC2(CC1)CNC2)c1csc(-c2cccs2)n1. The molecule has 5 rings (SSSR count). The van der Waals surface area contributed by atoms with Gasteiger partial charge in [0.25, 0.3) is 5.91 Å². The molecule has 2 aliphatic heterocycles. The zero-order valence-electron chi connectivity index (χ0n) is 15.5. The molecule has 4 heterocycles. The van der Waals surface area contributed by atoms with Crippen LogP contribution in [-0.2, 0) is 0 Å². The van der Waals surface area contributed by atoms with Crippen molar-refractivity contribution in [3.8, 4) is 9.88 Å². The zero-order chi connectivity index (χ0) is 19.0. The van der Waals surface area contributed by atoms with Crippen molar-refractivity contribution >= 4 is 40.0 Å². The maximum atomic E-state index is 12.8. The normalized spacial score (nSPS) is 18.1. The molecule has 3 aromatic rings. The van der Waals surface area contributed by atoms with E-state index in [9.17, 15) is 4.79 Å². The highest BCUT2D eigenvalue weighted by Gasteiger charge is 2.39. The Hall–Kier alpha value is -2.22. The average molecular weight is 411 g/mol. The first-order valence-corrected chi connectivity index (χ1v) is 11.3. The van der Waals surface area contributed by atoms with E-state index in [-0.39, 0.29) is 5.91 Å². The highest BCUT2D eigenvalue weighted by atomic mass is 32.1. The predicted molar refractivity (Wildman–Crippen MR) is 117 cm³/mol. The summed E-state index contributed by atoms with van der Waals surface area (Å²) in [7, 11) is 0. The smallest absolute Gasteiger partial charge is 0.275 e. The molecular weight excluding hydrogens is 388 g/mol. The molecule has 0 aliphatic carbocycles. The van der Waals surface area contributed by atoms with Gasteiger partial charge in [0, 0.05) is 31.6 Å². The van der Waals surface area contributed by atoms with Crippen LogP contribution in [-0.4, -0.2) is 37.1 Å². The number of nitrogens with one attached hydrogen (secondary N) is 2. The first-order valence-electron chi connectivity index (χ1n) is 9.58. The number of hydrogen-bond acceptors (Lipinski definition) is 6. The molecule has 0 saturated carbocycles. The Morgan fingerprint density at radius 3 is 2.64 bits per heavy atom. The molecular formula is C21H22N4OS2. The van der Waals surface area contributed by atoms with Crippen LogP contribution in [0.15, 0.2) is 47.2 Å². The number of benzene rings is 1. The largest absolute Gasteiger partial charge is 0.370 e. The second kappa shape index (κ2) is 7.31. The number of thiazole rings is 1. The number of carbonyl (C=O) groups excluding carboxylic acids is 1. The minimum absolute atomic E-state index is 0.150. The van der Waals surface area contributed by atoms with E-state index in [4.69, 9.17) is 0 Å². The Kier molecular flexibility index (Phi) is 4.66. The Morgan fingerprint density at radius 2 is 1.93 bits per heavy atom. The summed E-state index contributed by atoms with van der Waals surface area (Å²) in [6, 6.07) is 12.1. The van der Waals surface area contributed by atoms with E-state index in [0.29, 0.717) is 11.1 Å². The number of carbonyl (C=O) groups is 1. The third kappa shape index (κ3) is 3.34.